The molecule has 0 bridgehead atoms. The highest BCUT2D eigenvalue weighted by Gasteiger charge is 2.30. The van der Waals surface area contributed by atoms with Gasteiger partial charge in [-0.15, -0.1) is 0 Å². The lowest BCUT2D eigenvalue weighted by Crippen LogP contribution is -2.37. The largest absolute Gasteiger partial charge is 0.481 e. The molecule has 1 saturated carbocycles. The molecule has 5 nitrogen and oxygen atoms in total. The molecule has 21 heavy (non-hydrogen) atoms. The molecule has 114 valence electrons. The molecule has 3 N–H and O–H groups in total. The SMILES string of the molecule is O=C(Nc1c(F)cc(F)cc1Cl)NC1CCC(C(=O)O)C1. The average molecular weight is 319 g/mol. The van der Waals surface area contributed by atoms with Crippen LogP contribution in [-0.2, 0) is 4.79 Å². The summed E-state index contributed by atoms with van der Waals surface area (Å²) in [5, 5.41) is 13.4. The molecular weight excluding hydrogens is 306 g/mol. The first-order valence-electron chi connectivity index (χ1n) is 6.31. The molecule has 0 heterocycles. The second kappa shape index (κ2) is 6.26. The molecule has 0 radical (unpaired) electrons. The van der Waals surface area contributed by atoms with E-state index < -0.39 is 29.6 Å². The fourth-order valence-corrected chi connectivity index (χ4v) is 2.58. The van der Waals surface area contributed by atoms with Gasteiger partial charge in [-0.2, -0.15) is 0 Å². The van der Waals surface area contributed by atoms with Gasteiger partial charge in [-0.25, -0.2) is 13.6 Å². The Balaban J connectivity index is 1.96. The molecule has 1 aromatic rings. The smallest absolute Gasteiger partial charge is 0.319 e. The monoisotopic (exact) mass is 318 g/mol. The number of carboxylic acids is 1. The predicted octanol–water partition coefficient (Wildman–Crippen LogP) is 2.99. The summed E-state index contributed by atoms with van der Waals surface area (Å²) >= 11 is 5.66. The van der Waals surface area contributed by atoms with Gasteiger partial charge in [-0.05, 0) is 25.3 Å². The number of hydrogen-bond acceptors (Lipinski definition) is 2. The zero-order valence-electron chi connectivity index (χ0n) is 10.8. The number of aliphatic carboxylic acids is 1. The maximum Gasteiger partial charge on any atom is 0.319 e. The molecule has 0 aromatic heterocycles. The number of anilines is 1. The summed E-state index contributed by atoms with van der Waals surface area (Å²) in [5.41, 5.74) is -0.316. The molecule has 8 heteroatoms. The van der Waals surface area contributed by atoms with Crippen LogP contribution in [0.1, 0.15) is 19.3 Å². The highest BCUT2D eigenvalue weighted by Crippen LogP contribution is 2.28. The van der Waals surface area contributed by atoms with Crippen LogP contribution in [0.3, 0.4) is 0 Å². The van der Waals surface area contributed by atoms with Gasteiger partial charge in [-0.1, -0.05) is 11.6 Å². The maximum atomic E-state index is 13.5. The summed E-state index contributed by atoms with van der Waals surface area (Å²) in [5.74, 6) is -3.21. The van der Waals surface area contributed by atoms with E-state index in [0.29, 0.717) is 25.3 Å². The Kier molecular flexibility index (Phi) is 4.62. The van der Waals surface area contributed by atoms with Crippen molar-refractivity contribution in [1.29, 1.82) is 0 Å². The van der Waals surface area contributed by atoms with E-state index in [2.05, 4.69) is 10.6 Å². The fourth-order valence-electron chi connectivity index (χ4n) is 2.33. The Morgan fingerprint density at radius 3 is 2.57 bits per heavy atom. The zero-order chi connectivity index (χ0) is 15.6. The van der Waals surface area contributed by atoms with Gasteiger partial charge in [0.1, 0.15) is 5.82 Å². The van der Waals surface area contributed by atoms with E-state index >= 15 is 0 Å². The number of hydrogen-bond donors (Lipinski definition) is 3. The molecule has 2 amide bonds. The maximum absolute atomic E-state index is 13.5. The molecule has 0 aliphatic heterocycles. The van der Waals surface area contributed by atoms with Gasteiger partial charge in [-0.3, -0.25) is 4.79 Å². The van der Waals surface area contributed by atoms with Crippen LogP contribution in [0.2, 0.25) is 5.02 Å². The molecule has 1 fully saturated rings. The van der Waals surface area contributed by atoms with Crippen LogP contribution in [-0.4, -0.2) is 23.1 Å². The van der Waals surface area contributed by atoms with Gasteiger partial charge in [0, 0.05) is 12.1 Å². The van der Waals surface area contributed by atoms with Crippen molar-refractivity contribution in [2.45, 2.75) is 25.3 Å². The Morgan fingerprint density at radius 1 is 1.29 bits per heavy atom. The van der Waals surface area contributed by atoms with Gasteiger partial charge >= 0.3 is 12.0 Å². The lowest BCUT2D eigenvalue weighted by Gasteiger charge is -2.14. The van der Waals surface area contributed by atoms with Gasteiger partial charge < -0.3 is 15.7 Å². The average Bonchev–Trinajstić information content (AvgIpc) is 2.82. The molecular formula is C13H13ClF2N2O3. The van der Waals surface area contributed by atoms with Crippen LogP contribution < -0.4 is 10.6 Å². The third kappa shape index (κ3) is 3.81. The highest BCUT2D eigenvalue weighted by atomic mass is 35.5. The lowest BCUT2D eigenvalue weighted by atomic mass is 10.1. The first kappa shape index (κ1) is 15.5. The first-order valence-corrected chi connectivity index (χ1v) is 6.69. The van der Waals surface area contributed by atoms with E-state index in [1.807, 2.05) is 0 Å². The summed E-state index contributed by atoms with van der Waals surface area (Å²) in [6.07, 6.45) is 1.33. The number of carboxylic acid groups (broad SMARTS) is 1. The number of halogens is 3. The van der Waals surface area contributed by atoms with Crippen molar-refractivity contribution in [3.05, 3.63) is 28.8 Å². The number of amides is 2. The lowest BCUT2D eigenvalue weighted by molar-refractivity contribution is -0.141. The minimum atomic E-state index is -0.981. The number of benzene rings is 1. The second-order valence-electron chi connectivity index (χ2n) is 4.89. The highest BCUT2D eigenvalue weighted by molar-refractivity contribution is 6.33. The first-order chi connectivity index (χ1) is 9.86. The second-order valence-corrected chi connectivity index (χ2v) is 5.30. The fraction of sp³-hybridized carbons (Fsp3) is 0.385. The molecule has 1 aliphatic carbocycles. The Labute approximate surface area is 124 Å². The molecule has 1 aromatic carbocycles. The topological polar surface area (TPSA) is 78.4 Å². The van der Waals surface area contributed by atoms with Crippen LogP contribution in [0.4, 0.5) is 19.3 Å². The standard InChI is InChI=1S/C13H13ClF2N2O3/c14-9-4-7(15)5-10(16)11(9)18-13(21)17-8-2-1-6(3-8)12(19)20/h4-6,8H,1-3H2,(H,19,20)(H2,17,18,21). The van der Waals surface area contributed by atoms with Gasteiger partial charge in [0.2, 0.25) is 0 Å². The number of rotatable bonds is 3. The normalized spacial score (nSPS) is 21.1. The third-order valence-corrected chi connectivity index (χ3v) is 3.66. The number of carbonyl (C=O) groups is 2. The van der Waals surface area contributed by atoms with E-state index in [1.165, 1.54) is 0 Å². The minimum Gasteiger partial charge on any atom is -0.481 e. The molecule has 0 spiro atoms. The van der Waals surface area contributed by atoms with E-state index in [-0.39, 0.29) is 16.8 Å². The van der Waals surface area contributed by atoms with Crippen molar-refractivity contribution in [1.82, 2.24) is 5.32 Å². The van der Waals surface area contributed by atoms with Crippen molar-refractivity contribution in [2.24, 2.45) is 5.92 Å². The van der Waals surface area contributed by atoms with Crippen molar-refractivity contribution >= 4 is 29.3 Å². The summed E-state index contributed by atoms with van der Waals surface area (Å²) < 4.78 is 26.4. The molecule has 2 rings (SSSR count). The van der Waals surface area contributed by atoms with E-state index in [4.69, 9.17) is 16.7 Å². The summed E-state index contributed by atoms with van der Waals surface area (Å²) in [7, 11) is 0. The van der Waals surface area contributed by atoms with Crippen LogP contribution in [0.5, 0.6) is 0 Å². The van der Waals surface area contributed by atoms with E-state index in [1.54, 1.807) is 0 Å². The van der Waals surface area contributed by atoms with E-state index in [0.717, 1.165) is 6.07 Å². The summed E-state index contributed by atoms with van der Waals surface area (Å²) in [6.45, 7) is 0. The summed E-state index contributed by atoms with van der Waals surface area (Å²) in [6, 6.07) is 0.486. The molecule has 0 saturated heterocycles. The van der Waals surface area contributed by atoms with Crippen molar-refractivity contribution in [3.8, 4) is 0 Å². The minimum absolute atomic E-state index is 0.252. The molecule has 1 aliphatic rings. The Morgan fingerprint density at radius 2 is 2.00 bits per heavy atom. The van der Waals surface area contributed by atoms with Crippen molar-refractivity contribution in [3.63, 3.8) is 0 Å². The van der Waals surface area contributed by atoms with Gasteiger partial charge in [0.15, 0.2) is 5.82 Å². The Bertz CT molecular complexity index is 560. The van der Waals surface area contributed by atoms with Crippen LogP contribution in [0.15, 0.2) is 12.1 Å². The number of nitrogens with one attached hydrogen (secondary N) is 2. The van der Waals surface area contributed by atoms with Crippen LogP contribution >= 0.6 is 11.6 Å². The summed E-state index contributed by atoms with van der Waals surface area (Å²) in [4.78, 5) is 22.6. The quantitative estimate of drug-likeness (QED) is 0.801. The van der Waals surface area contributed by atoms with E-state index in [9.17, 15) is 18.4 Å². The van der Waals surface area contributed by atoms with Crippen LogP contribution in [0.25, 0.3) is 0 Å². The van der Waals surface area contributed by atoms with Crippen LogP contribution in [0, 0.1) is 17.6 Å². The zero-order valence-corrected chi connectivity index (χ0v) is 11.6. The Hall–Kier alpha value is -1.89. The number of urea groups is 1. The third-order valence-electron chi connectivity index (χ3n) is 3.36. The van der Waals surface area contributed by atoms with Gasteiger partial charge in [0.25, 0.3) is 0 Å². The van der Waals surface area contributed by atoms with Crippen molar-refractivity contribution < 1.29 is 23.5 Å². The number of carbonyl (C=O) groups excluding carboxylic acids is 1. The van der Waals surface area contributed by atoms with Gasteiger partial charge in [0.05, 0.1) is 16.6 Å². The molecule has 2 unspecified atom stereocenters. The predicted molar refractivity (Wildman–Crippen MR) is 72.3 cm³/mol. The van der Waals surface area contributed by atoms with Crippen molar-refractivity contribution in [2.75, 3.05) is 5.32 Å². The molecule has 2 atom stereocenters.